The second-order valence-electron chi connectivity index (χ2n) is 2.64. The van der Waals surface area contributed by atoms with Gasteiger partial charge in [-0.3, -0.25) is 0 Å². The zero-order valence-electron chi connectivity index (χ0n) is 6.87. The molecule has 1 aromatic carbocycles. The third-order valence-electron chi connectivity index (χ3n) is 1.73. The zero-order valence-corrected chi connectivity index (χ0v) is 10.9. The summed E-state index contributed by atoms with van der Waals surface area (Å²) in [5, 5.41) is 5.88. The summed E-state index contributed by atoms with van der Waals surface area (Å²) < 4.78 is 5.52. The highest BCUT2D eigenvalue weighted by Crippen LogP contribution is 2.33. The van der Waals surface area contributed by atoms with E-state index in [4.69, 9.17) is 5.73 Å². The van der Waals surface area contributed by atoms with Crippen molar-refractivity contribution in [2.24, 2.45) is 0 Å². The van der Waals surface area contributed by atoms with E-state index in [-0.39, 0.29) is 0 Å². The summed E-state index contributed by atoms with van der Waals surface area (Å²) in [6, 6.07) is 3.85. The molecule has 0 unspecified atom stereocenters. The van der Waals surface area contributed by atoms with Gasteiger partial charge in [-0.25, -0.2) is 0 Å². The molecule has 72 valence electrons. The number of aromatic nitrogens is 2. The molecule has 0 aliphatic carbocycles. The molecular formula is C8H5Br2N3S. The Morgan fingerprint density at radius 2 is 1.86 bits per heavy atom. The van der Waals surface area contributed by atoms with E-state index < -0.39 is 0 Å². The topological polar surface area (TPSA) is 51.8 Å². The highest BCUT2D eigenvalue weighted by atomic mass is 79.9. The Bertz CT molecular complexity index is 433. The van der Waals surface area contributed by atoms with E-state index >= 15 is 0 Å². The van der Waals surface area contributed by atoms with Crippen LogP contribution in [0.15, 0.2) is 26.5 Å². The van der Waals surface area contributed by atoms with Gasteiger partial charge in [0.15, 0.2) is 0 Å². The first-order valence-corrected chi connectivity index (χ1v) is 6.12. The number of nitrogens with zero attached hydrogens (tertiary/aromatic N) is 2. The van der Waals surface area contributed by atoms with Crippen LogP contribution in [0.25, 0.3) is 11.3 Å². The summed E-state index contributed by atoms with van der Waals surface area (Å²) in [6.07, 6.45) is 0. The van der Waals surface area contributed by atoms with Crippen molar-refractivity contribution in [3.63, 3.8) is 0 Å². The van der Waals surface area contributed by atoms with Crippen LogP contribution in [-0.2, 0) is 0 Å². The number of halogens is 2. The van der Waals surface area contributed by atoms with Gasteiger partial charge in [0.1, 0.15) is 5.69 Å². The van der Waals surface area contributed by atoms with Crippen LogP contribution in [0.3, 0.4) is 0 Å². The van der Waals surface area contributed by atoms with E-state index in [1.54, 1.807) is 0 Å². The predicted molar refractivity (Wildman–Crippen MR) is 65.2 cm³/mol. The van der Waals surface area contributed by atoms with Crippen molar-refractivity contribution < 1.29 is 0 Å². The maximum atomic E-state index is 5.78. The zero-order chi connectivity index (χ0) is 10.1. The maximum Gasteiger partial charge on any atom is 0.105 e. The van der Waals surface area contributed by atoms with Crippen LogP contribution in [0.1, 0.15) is 0 Å². The molecule has 2 N–H and O–H groups in total. The van der Waals surface area contributed by atoms with Gasteiger partial charge in [-0.05, 0) is 55.5 Å². The summed E-state index contributed by atoms with van der Waals surface area (Å²) in [7, 11) is 0. The summed E-state index contributed by atoms with van der Waals surface area (Å²) in [5.41, 5.74) is 8.32. The van der Waals surface area contributed by atoms with Crippen LogP contribution >= 0.6 is 43.4 Å². The van der Waals surface area contributed by atoms with Crippen molar-refractivity contribution in [1.82, 2.24) is 9.59 Å². The van der Waals surface area contributed by atoms with Crippen molar-refractivity contribution >= 4 is 49.1 Å². The smallest absolute Gasteiger partial charge is 0.105 e. The molecular weight excluding hydrogens is 330 g/mol. The van der Waals surface area contributed by atoms with Gasteiger partial charge in [0.2, 0.25) is 0 Å². The lowest BCUT2D eigenvalue weighted by Gasteiger charge is -2.03. The normalized spacial score (nSPS) is 10.4. The number of nitrogens with two attached hydrogens (primary N) is 1. The summed E-state index contributed by atoms with van der Waals surface area (Å²) in [4.78, 5) is 0. The van der Waals surface area contributed by atoms with Crippen molar-refractivity contribution in [2.75, 3.05) is 5.73 Å². The fourth-order valence-corrected chi connectivity index (χ4v) is 2.67. The van der Waals surface area contributed by atoms with Gasteiger partial charge in [-0.1, -0.05) is 4.49 Å². The fourth-order valence-electron chi connectivity index (χ4n) is 1.02. The second-order valence-corrected chi connectivity index (χ2v) is 4.96. The number of anilines is 1. The number of rotatable bonds is 1. The molecule has 0 atom stereocenters. The molecule has 1 aromatic heterocycles. The van der Waals surface area contributed by atoms with Gasteiger partial charge >= 0.3 is 0 Å². The third-order valence-corrected chi connectivity index (χ3v) is 3.55. The highest BCUT2D eigenvalue weighted by Gasteiger charge is 2.07. The first-order chi connectivity index (χ1) is 6.68. The van der Waals surface area contributed by atoms with Crippen molar-refractivity contribution in [1.29, 1.82) is 0 Å². The summed E-state index contributed by atoms with van der Waals surface area (Å²) in [5.74, 6) is 0. The molecule has 2 rings (SSSR count). The lowest BCUT2D eigenvalue weighted by molar-refractivity contribution is 1.16. The molecule has 0 aliphatic rings. The summed E-state index contributed by atoms with van der Waals surface area (Å²) in [6.45, 7) is 0. The van der Waals surface area contributed by atoms with Crippen LogP contribution < -0.4 is 5.73 Å². The Balaban J connectivity index is 2.57. The van der Waals surface area contributed by atoms with E-state index in [9.17, 15) is 0 Å². The maximum absolute atomic E-state index is 5.78. The van der Waals surface area contributed by atoms with Crippen LogP contribution in [-0.4, -0.2) is 9.59 Å². The van der Waals surface area contributed by atoms with Gasteiger partial charge in [0, 0.05) is 19.9 Å². The monoisotopic (exact) mass is 333 g/mol. The fraction of sp³-hybridized carbons (Fsp3) is 0. The van der Waals surface area contributed by atoms with E-state index in [0.29, 0.717) is 5.69 Å². The Morgan fingerprint density at radius 1 is 1.21 bits per heavy atom. The minimum Gasteiger partial charge on any atom is -0.397 e. The van der Waals surface area contributed by atoms with Crippen LogP contribution in [0.2, 0.25) is 0 Å². The Hall–Kier alpha value is -0.460. The Morgan fingerprint density at radius 3 is 2.36 bits per heavy atom. The van der Waals surface area contributed by atoms with Gasteiger partial charge in [-0.2, -0.15) is 0 Å². The molecule has 0 bridgehead atoms. The van der Waals surface area contributed by atoms with Crippen molar-refractivity contribution in [3.05, 3.63) is 26.5 Å². The van der Waals surface area contributed by atoms with E-state index in [1.165, 1.54) is 11.5 Å². The molecule has 2 aromatic rings. The first kappa shape index (κ1) is 10.1. The molecule has 3 nitrogen and oxygen atoms in total. The third kappa shape index (κ3) is 1.82. The molecule has 0 fully saturated rings. The molecule has 0 saturated carbocycles. The SMILES string of the molecule is Nc1c(Br)cc(-c2csnn2)cc1Br. The van der Waals surface area contributed by atoms with E-state index in [2.05, 4.69) is 41.4 Å². The van der Waals surface area contributed by atoms with Crippen LogP contribution in [0.5, 0.6) is 0 Å². The van der Waals surface area contributed by atoms with Gasteiger partial charge in [0.05, 0.1) is 5.69 Å². The lowest BCUT2D eigenvalue weighted by atomic mass is 10.1. The number of nitrogen functional groups attached to an aromatic ring is 1. The van der Waals surface area contributed by atoms with Gasteiger partial charge < -0.3 is 5.73 Å². The molecule has 0 radical (unpaired) electrons. The minimum atomic E-state index is 0.692. The van der Waals surface area contributed by atoms with E-state index in [0.717, 1.165) is 20.2 Å². The van der Waals surface area contributed by atoms with Gasteiger partial charge in [0.25, 0.3) is 0 Å². The molecule has 1 heterocycles. The standard InChI is InChI=1S/C8H5Br2N3S/c9-5-1-4(2-6(10)8(5)11)7-3-14-13-12-7/h1-3H,11H2. The first-order valence-electron chi connectivity index (χ1n) is 3.70. The number of hydrogen-bond acceptors (Lipinski definition) is 4. The molecule has 6 heteroatoms. The molecule has 0 amide bonds. The molecule has 0 saturated heterocycles. The predicted octanol–water partition coefficient (Wildman–Crippen LogP) is 3.31. The van der Waals surface area contributed by atoms with Crippen molar-refractivity contribution in [2.45, 2.75) is 0 Å². The average Bonchev–Trinajstić information content (AvgIpc) is 2.66. The molecule has 0 spiro atoms. The average molecular weight is 335 g/mol. The summed E-state index contributed by atoms with van der Waals surface area (Å²) >= 11 is 8.09. The lowest BCUT2D eigenvalue weighted by Crippen LogP contribution is -1.89. The quantitative estimate of drug-likeness (QED) is 0.814. The van der Waals surface area contributed by atoms with Crippen LogP contribution in [0.4, 0.5) is 5.69 Å². The van der Waals surface area contributed by atoms with Crippen LogP contribution in [0, 0.1) is 0 Å². The minimum absolute atomic E-state index is 0.692. The largest absolute Gasteiger partial charge is 0.397 e. The second kappa shape index (κ2) is 3.96. The molecule has 0 aliphatic heterocycles. The van der Waals surface area contributed by atoms with E-state index in [1.807, 2.05) is 17.5 Å². The highest BCUT2D eigenvalue weighted by molar-refractivity contribution is 9.11. The number of benzene rings is 1. The van der Waals surface area contributed by atoms with Crippen molar-refractivity contribution in [3.8, 4) is 11.3 Å². The Kier molecular flexibility index (Phi) is 2.85. The Labute approximate surface area is 102 Å². The molecule has 14 heavy (non-hydrogen) atoms. The van der Waals surface area contributed by atoms with Gasteiger partial charge in [-0.15, -0.1) is 5.10 Å². The number of hydrogen-bond donors (Lipinski definition) is 1.